The summed E-state index contributed by atoms with van der Waals surface area (Å²) in [5.41, 5.74) is 2.69. The van der Waals surface area contributed by atoms with Crippen molar-refractivity contribution in [2.75, 3.05) is 0 Å². The van der Waals surface area contributed by atoms with Gasteiger partial charge in [-0.25, -0.2) is 4.52 Å². The highest BCUT2D eigenvalue weighted by Gasteiger charge is 2.21. The van der Waals surface area contributed by atoms with Crippen molar-refractivity contribution >= 4 is 11.3 Å². The number of ketones is 1. The zero-order chi connectivity index (χ0) is 13.2. The second-order valence-electron chi connectivity index (χ2n) is 5.43. The highest BCUT2D eigenvalue weighted by Crippen LogP contribution is 2.32. The van der Waals surface area contributed by atoms with E-state index in [0.29, 0.717) is 11.6 Å². The molecule has 0 aromatic carbocycles. The largest absolute Gasteiger partial charge is 0.293 e. The van der Waals surface area contributed by atoms with E-state index in [2.05, 4.69) is 10.3 Å². The van der Waals surface area contributed by atoms with Crippen molar-refractivity contribution in [1.29, 1.82) is 0 Å². The summed E-state index contributed by atoms with van der Waals surface area (Å²) in [4.78, 5) is 11.6. The Bertz CT molecular complexity index is 594. The molecule has 0 saturated heterocycles. The number of pyridine rings is 1. The van der Waals surface area contributed by atoms with E-state index in [1.165, 1.54) is 38.5 Å². The molecule has 2 aromatic heterocycles. The molecule has 1 aliphatic rings. The SMILES string of the molecule is CC(=O)c1cccc2c(C3CCCCCC3)nnn12. The second-order valence-corrected chi connectivity index (χ2v) is 5.43. The maximum atomic E-state index is 11.6. The molecule has 2 heterocycles. The Labute approximate surface area is 112 Å². The van der Waals surface area contributed by atoms with Crippen molar-refractivity contribution in [3.05, 3.63) is 29.6 Å². The van der Waals surface area contributed by atoms with Gasteiger partial charge in [0, 0.05) is 12.8 Å². The average molecular weight is 257 g/mol. The smallest absolute Gasteiger partial charge is 0.178 e. The van der Waals surface area contributed by atoms with Crippen molar-refractivity contribution in [2.45, 2.75) is 51.4 Å². The molecule has 2 aromatic rings. The van der Waals surface area contributed by atoms with Gasteiger partial charge in [-0.15, -0.1) is 5.10 Å². The third-order valence-corrected chi connectivity index (χ3v) is 4.07. The zero-order valence-electron chi connectivity index (χ0n) is 11.3. The molecule has 19 heavy (non-hydrogen) atoms. The lowest BCUT2D eigenvalue weighted by Gasteiger charge is -2.10. The van der Waals surface area contributed by atoms with Gasteiger partial charge in [0.15, 0.2) is 5.78 Å². The number of nitrogens with zero attached hydrogens (tertiary/aromatic N) is 3. The maximum Gasteiger partial charge on any atom is 0.178 e. The molecule has 100 valence electrons. The molecule has 0 unspecified atom stereocenters. The monoisotopic (exact) mass is 257 g/mol. The van der Waals surface area contributed by atoms with Crippen LogP contribution in [0, 0.1) is 0 Å². The fourth-order valence-electron chi connectivity index (χ4n) is 3.05. The van der Waals surface area contributed by atoms with Gasteiger partial charge in [0.05, 0.1) is 11.2 Å². The van der Waals surface area contributed by atoms with Crippen LogP contribution in [0.15, 0.2) is 18.2 Å². The van der Waals surface area contributed by atoms with Crippen LogP contribution >= 0.6 is 0 Å². The number of fused-ring (bicyclic) bond motifs is 1. The number of Topliss-reactive ketones (excluding diaryl/α,β-unsaturated/α-hetero) is 1. The summed E-state index contributed by atoms with van der Waals surface area (Å²) in [5.74, 6) is 0.533. The molecule has 4 heteroatoms. The quantitative estimate of drug-likeness (QED) is 0.612. The van der Waals surface area contributed by atoms with Gasteiger partial charge in [0.2, 0.25) is 0 Å². The van der Waals surface area contributed by atoms with E-state index in [4.69, 9.17) is 0 Å². The van der Waals surface area contributed by atoms with Crippen LogP contribution in [0.3, 0.4) is 0 Å². The van der Waals surface area contributed by atoms with Crippen LogP contribution in [0.25, 0.3) is 5.52 Å². The highest BCUT2D eigenvalue weighted by atomic mass is 16.1. The molecule has 0 radical (unpaired) electrons. The molecule has 1 fully saturated rings. The summed E-state index contributed by atoms with van der Waals surface area (Å²) < 4.78 is 1.70. The van der Waals surface area contributed by atoms with E-state index in [0.717, 1.165) is 11.2 Å². The summed E-state index contributed by atoms with van der Waals surface area (Å²) >= 11 is 0. The summed E-state index contributed by atoms with van der Waals surface area (Å²) in [7, 11) is 0. The van der Waals surface area contributed by atoms with E-state index >= 15 is 0 Å². The fraction of sp³-hybridized carbons (Fsp3) is 0.533. The Balaban J connectivity index is 2.05. The van der Waals surface area contributed by atoms with Gasteiger partial charge in [-0.1, -0.05) is 37.0 Å². The molecule has 4 nitrogen and oxygen atoms in total. The Morgan fingerprint density at radius 3 is 2.63 bits per heavy atom. The molecule has 0 aliphatic heterocycles. The number of rotatable bonds is 2. The van der Waals surface area contributed by atoms with E-state index in [9.17, 15) is 4.79 Å². The summed E-state index contributed by atoms with van der Waals surface area (Å²) in [5, 5.41) is 8.56. The van der Waals surface area contributed by atoms with Gasteiger partial charge in [-0.3, -0.25) is 4.79 Å². The molecule has 0 atom stereocenters. The Morgan fingerprint density at radius 2 is 1.95 bits per heavy atom. The van der Waals surface area contributed by atoms with Gasteiger partial charge in [-0.2, -0.15) is 0 Å². The first kappa shape index (κ1) is 12.3. The molecule has 0 bridgehead atoms. The average Bonchev–Trinajstić information content (AvgIpc) is 2.66. The maximum absolute atomic E-state index is 11.6. The standard InChI is InChI=1S/C15H19N3O/c1-11(19)13-9-6-10-14-15(16-17-18(13)14)12-7-4-2-3-5-8-12/h6,9-10,12H,2-5,7-8H2,1H3. The minimum atomic E-state index is 0.0305. The molecular formula is C15H19N3O. The molecule has 0 N–H and O–H groups in total. The molecule has 1 saturated carbocycles. The van der Waals surface area contributed by atoms with Crippen LogP contribution in [-0.4, -0.2) is 20.6 Å². The van der Waals surface area contributed by atoms with Crippen molar-refractivity contribution < 1.29 is 4.79 Å². The van der Waals surface area contributed by atoms with Crippen LogP contribution < -0.4 is 0 Å². The summed E-state index contributed by atoms with van der Waals surface area (Å²) in [6.07, 6.45) is 7.59. The normalized spacial score (nSPS) is 17.5. The Kier molecular flexibility index (Phi) is 3.32. The number of aromatic nitrogens is 3. The summed E-state index contributed by atoms with van der Waals surface area (Å²) in [6.45, 7) is 1.57. The second kappa shape index (κ2) is 5.11. The van der Waals surface area contributed by atoms with Crippen LogP contribution in [0.4, 0.5) is 0 Å². The van der Waals surface area contributed by atoms with Crippen LogP contribution in [0.2, 0.25) is 0 Å². The minimum absolute atomic E-state index is 0.0305. The third kappa shape index (κ3) is 2.27. The lowest BCUT2D eigenvalue weighted by atomic mass is 9.96. The van der Waals surface area contributed by atoms with Crippen LogP contribution in [0.5, 0.6) is 0 Å². The van der Waals surface area contributed by atoms with Crippen molar-refractivity contribution in [3.63, 3.8) is 0 Å². The molecule has 0 spiro atoms. The van der Waals surface area contributed by atoms with Crippen molar-refractivity contribution in [2.24, 2.45) is 0 Å². The van der Waals surface area contributed by atoms with Gasteiger partial charge in [0.25, 0.3) is 0 Å². The number of hydrogen-bond donors (Lipinski definition) is 0. The molecule has 1 aliphatic carbocycles. The first-order valence-corrected chi connectivity index (χ1v) is 7.12. The number of hydrogen-bond acceptors (Lipinski definition) is 3. The van der Waals surface area contributed by atoms with Gasteiger partial charge in [-0.05, 0) is 25.0 Å². The lowest BCUT2D eigenvalue weighted by molar-refractivity contribution is 0.101. The van der Waals surface area contributed by atoms with E-state index < -0.39 is 0 Å². The predicted molar refractivity (Wildman–Crippen MR) is 73.4 cm³/mol. The first-order valence-electron chi connectivity index (χ1n) is 7.12. The molecular weight excluding hydrogens is 238 g/mol. The highest BCUT2D eigenvalue weighted by molar-refractivity contribution is 5.93. The first-order chi connectivity index (χ1) is 9.27. The summed E-state index contributed by atoms with van der Waals surface area (Å²) in [6, 6.07) is 5.75. The van der Waals surface area contributed by atoms with E-state index in [1.54, 1.807) is 17.5 Å². The molecule has 3 rings (SSSR count). The Hall–Kier alpha value is -1.71. The topological polar surface area (TPSA) is 47.3 Å². The Morgan fingerprint density at radius 1 is 1.21 bits per heavy atom. The number of carbonyl (C=O) groups is 1. The minimum Gasteiger partial charge on any atom is -0.293 e. The van der Waals surface area contributed by atoms with Crippen LogP contribution in [-0.2, 0) is 0 Å². The van der Waals surface area contributed by atoms with E-state index in [-0.39, 0.29) is 5.78 Å². The number of carbonyl (C=O) groups excluding carboxylic acids is 1. The molecule has 0 amide bonds. The van der Waals surface area contributed by atoms with Gasteiger partial charge in [0.1, 0.15) is 5.69 Å². The van der Waals surface area contributed by atoms with Gasteiger partial charge < -0.3 is 0 Å². The lowest BCUT2D eigenvalue weighted by Crippen LogP contribution is -2.03. The third-order valence-electron chi connectivity index (χ3n) is 4.07. The predicted octanol–water partition coefficient (Wildman–Crippen LogP) is 3.37. The van der Waals surface area contributed by atoms with Gasteiger partial charge >= 0.3 is 0 Å². The zero-order valence-corrected chi connectivity index (χ0v) is 11.3. The van der Waals surface area contributed by atoms with E-state index in [1.807, 2.05) is 12.1 Å². The fourth-order valence-corrected chi connectivity index (χ4v) is 3.05. The van der Waals surface area contributed by atoms with Crippen molar-refractivity contribution in [1.82, 2.24) is 14.8 Å². The van der Waals surface area contributed by atoms with Crippen molar-refractivity contribution in [3.8, 4) is 0 Å². The van der Waals surface area contributed by atoms with Crippen LogP contribution in [0.1, 0.15) is 67.5 Å².